The molecule has 1 aromatic heterocycles. The Morgan fingerprint density at radius 1 is 1.29 bits per heavy atom. The van der Waals surface area contributed by atoms with Crippen molar-refractivity contribution in [3.05, 3.63) is 30.1 Å². The lowest BCUT2D eigenvalue weighted by Gasteiger charge is -2.31. The van der Waals surface area contributed by atoms with E-state index in [2.05, 4.69) is 4.98 Å². The van der Waals surface area contributed by atoms with Crippen molar-refractivity contribution in [3.63, 3.8) is 0 Å². The Hall–Kier alpha value is -0.930. The van der Waals surface area contributed by atoms with Gasteiger partial charge in [-0.2, -0.15) is 0 Å². The molecule has 2 atom stereocenters. The first kappa shape index (κ1) is 12.5. The molecular formula is C14H22N2O. The molecule has 17 heavy (non-hydrogen) atoms. The Bertz CT molecular complexity index is 322. The minimum absolute atomic E-state index is 0.0145. The van der Waals surface area contributed by atoms with E-state index in [9.17, 15) is 5.11 Å². The summed E-state index contributed by atoms with van der Waals surface area (Å²) < 4.78 is 0. The van der Waals surface area contributed by atoms with E-state index < -0.39 is 0 Å². The molecule has 0 aliphatic heterocycles. The van der Waals surface area contributed by atoms with Crippen molar-refractivity contribution in [3.8, 4) is 0 Å². The van der Waals surface area contributed by atoms with Crippen LogP contribution < -0.4 is 5.73 Å². The SMILES string of the molecule is NCC(c1ccccn1)C(O)C1CCCCC1. The maximum atomic E-state index is 10.5. The fourth-order valence-electron chi connectivity index (χ4n) is 2.83. The molecule has 0 amide bonds. The van der Waals surface area contributed by atoms with Gasteiger partial charge in [0.1, 0.15) is 0 Å². The van der Waals surface area contributed by atoms with Crippen LogP contribution in [-0.2, 0) is 0 Å². The average molecular weight is 234 g/mol. The molecule has 0 bridgehead atoms. The highest BCUT2D eigenvalue weighted by Crippen LogP contribution is 2.32. The van der Waals surface area contributed by atoms with Crippen LogP contribution in [0.2, 0.25) is 0 Å². The van der Waals surface area contributed by atoms with Gasteiger partial charge in [-0.05, 0) is 30.9 Å². The quantitative estimate of drug-likeness (QED) is 0.838. The molecule has 0 spiro atoms. The van der Waals surface area contributed by atoms with Crippen molar-refractivity contribution in [1.82, 2.24) is 4.98 Å². The van der Waals surface area contributed by atoms with E-state index >= 15 is 0 Å². The van der Waals surface area contributed by atoms with Crippen molar-refractivity contribution in [2.75, 3.05) is 6.54 Å². The van der Waals surface area contributed by atoms with Crippen LogP contribution in [0.5, 0.6) is 0 Å². The van der Waals surface area contributed by atoms with E-state index in [4.69, 9.17) is 5.73 Å². The van der Waals surface area contributed by atoms with Gasteiger partial charge in [0.2, 0.25) is 0 Å². The van der Waals surface area contributed by atoms with Gasteiger partial charge in [0, 0.05) is 24.4 Å². The van der Waals surface area contributed by atoms with Gasteiger partial charge < -0.3 is 10.8 Å². The summed E-state index contributed by atoms with van der Waals surface area (Å²) in [6.45, 7) is 0.467. The maximum absolute atomic E-state index is 10.5. The third-order valence-corrected chi connectivity index (χ3v) is 3.87. The number of hydrogen-bond acceptors (Lipinski definition) is 3. The first-order valence-electron chi connectivity index (χ1n) is 6.62. The molecule has 3 nitrogen and oxygen atoms in total. The Morgan fingerprint density at radius 2 is 2.06 bits per heavy atom. The van der Waals surface area contributed by atoms with Crippen molar-refractivity contribution in [1.29, 1.82) is 0 Å². The fourth-order valence-corrected chi connectivity index (χ4v) is 2.83. The van der Waals surface area contributed by atoms with Gasteiger partial charge >= 0.3 is 0 Å². The minimum atomic E-state index is -0.338. The summed E-state index contributed by atoms with van der Waals surface area (Å²) in [5.74, 6) is 0.388. The standard InChI is InChI=1S/C14H22N2O/c15-10-12(13-8-4-5-9-16-13)14(17)11-6-2-1-3-7-11/h4-5,8-9,11-12,14,17H,1-3,6-7,10,15H2. The van der Waals surface area contributed by atoms with Crippen LogP contribution >= 0.6 is 0 Å². The highest BCUT2D eigenvalue weighted by molar-refractivity contribution is 5.12. The number of rotatable bonds is 4. The highest BCUT2D eigenvalue weighted by Gasteiger charge is 2.29. The Labute approximate surface area is 103 Å². The molecule has 1 aromatic rings. The van der Waals surface area contributed by atoms with Gasteiger partial charge in [-0.1, -0.05) is 25.3 Å². The van der Waals surface area contributed by atoms with Crippen molar-refractivity contribution in [2.45, 2.75) is 44.1 Å². The zero-order valence-corrected chi connectivity index (χ0v) is 10.3. The average Bonchev–Trinajstić information content (AvgIpc) is 2.42. The zero-order chi connectivity index (χ0) is 12.1. The molecule has 3 N–H and O–H groups in total. The second kappa shape index (κ2) is 6.12. The number of aromatic nitrogens is 1. The van der Waals surface area contributed by atoms with Crippen LogP contribution in [0.4, 0.5) is 0 Å². The summed E-state index contributed by atoms with van der Waals surface area (Å²) in [6, 6.07) is 5.81. The lowest BCUT2D eigenvalue weighted by Crippen LogP contribution is -2.34. The smallest absolute Gasteiger partial charge is 0.0664 e. The topological polar surface area (TPSA) is 59.1 Å². The molecule has 1 aliphatic rings. The van der Waals surface area contributed by atoms with Gasteiger partial charge in [-0.25, -0.2) is 0 Å². The summed E-state index contributed by atoms with van der Waals surface area (Å²) in [5, 5.41) is 10.5. The van der Waals surface area contributed by atoms with Crippen LogP contribution in [-0.4, -0.2) is 22.7 Å². The molecule has 1 fully saturated rings. The fraction of sp³-hybridized carbons (Fsp3) is 0.643. The molecule has 3 heteroatoms. The molecule has 1 saturated carbocycles. The van der Waals surface area contributed by atoms with Gasteiger partial charge in [-0.3, -0.25) is 4.98 Å². The Balaban J connectivity index is 2.07. The first-order valence-corrected chi connectivity index (χ1v) is 6.62. The molecule has 1 aliphatic carbocycles. The van der Waals surface area contributed by atoms with Crippen molar-refractivity contribution < 1.29 is 5.11 Å². The molecule has 2 rings (SSSR count). The predicted molar refractivity (Wildman–Crippen MR) is 68.6 cm³/mol. The summed E-state index contributed by atoms with van der Waals surface area (Å²) in [7, 11) is 0. The first-order chi connectivity index (χ1) is 8.33. The van der Waals surface area contributed by atoms with Crippen LogP contribution in [0.25, 0.3) is 0 Å². The highest BCUT2D eigenvalue weighted by atomic mass is 16.3. The number of aliphatic hydroxyl groups is 1. The molecule has 0 saturated heterocycles. The molecule has 0 aromatic carbocycles. The van der Waals surface area contributed by atoms with E-state index in [1.165, 1.54) is 19.3 Å². The van der Waals surface area contributed by atoms with Crippen LogP contribution in [0.3, 0.4) is 0 Å². The normalized spacial score (nSPS) is 21.1. The number of pyridine rings is 1. The van der Waals surface area contributed by atoms with Crippen LogP contribution in [0.15, 0.2) is 24.4 Å². The summed E-state index contributed by atoms with van der Waals surface area (Å²) >= 11 is 0. The predicted octanol–water partition coefficient (Wildman–Crippen LogP) is 2.07. The number of aliphatic hydroxyl groups excluding tert-OH is 1. The summed E-state index contributed by atoms with van der Waals surface area (Å²) in [4.78, 5) is 4.33. The molecule has 1 heterocycles. The van der Waals surface area contributed by atoms with Crippen molar-refractivity contribution in [2.24, 2.45) is 11.7 Å². The number of nitrogens with two attached hydrogens (primary N) is 1. The largest absolute Gasteiger partial charge is 0.392 e. The maximum Gasteiger partial charge on any atom is 0.0664 e. The third kappa shape index (κ3) is 3.05. The van der Waals surface area contributed by atoms with E-state index in [1.807, 2.05) is 18.2 Å². The van der Waals surface area contributed by atoms with Crippen LogP contribution in [0, 0.1) is 5.92 Å². The lowest BCUT2D eigenvalue weighted by molar-refractivity contribution is 0.0613. The molecule has 94 valence electrons. The van der Waals surface area contributed by atoms with Crippen LogP contribution in [0.1, 0.15) is 43.7 Å². The molecular weight excluding hydrogens is 212 g/mol. The lowest BCUT2D eigenvalue weighted by atomic mass is 9.79. The van der Waals surface area contributed by atoms with Crippen molar-refractivity contribution >= 4 is 0 Å². The minimum Gasteiger partial charge on any atom is -0.392 e. The van der Waals surface area contributed by atoms with E-state index in [1.54, 1.807) is 6.20 Å². The monoisotopic (exact) mass is 234 g/mol. The van der Waals surface area contributed by atoms with Gasteiger partial charge in [0.25, 0.3) is 0 Å². The van der Waals surface area contributed by atoms with E-state index in [0.717, 1.165) is 18.5 Å². The summed E-state index contributed by atoms with van der Waals surface area (Å²) in [5.41, 5.74) is 6.74. The zero-order valence-electron chi connectivity index (χ0n) is 10.3. The van der Waals surface area contributed by atoms with Gasteiger partial charge in [0.15, 0.2) is 0 Å². The van der Waals surface area contributed by atoms with Gasteiger partial charge in [0.05, 0.1) is 6.10 Å². The molecule has 0 radical (unpaired) electrons. The number of hydrogen-bond donors (Lipinski definition) is 2. The second-order valence-electron chi connectivity index (χ2n) is 4.99. The van der Waals surface area contributed by atoms with Gasteiger partial charge in [-0.15, -0.1) is 0 Å². The molecule has 2 unspecified atom stereocenters. The Kier molecular flexibility index (Phi) is 4.51. The summed E-state index contributed by atoms with van der Waals surface area (Å²) in [6.07, 6.45) is 7.47. The van der Waals surface area contributed by atoms with E-state index in [0.29, 0.717) is 12.5 Å². The van der Waals surface area contributed by atoms with E-state index in [-0.39, 0.29) is 12.0 Å². The third-order valence-electron chi connectivity index (χ3n) is 3.87. The number of nitrogens with zero attached hydrogens (tertiary/aromatic N) is 1. The Morgan fingerprint density at radius 3 is 2.65 bits per heavy atom. The second-order valence-corrected chi connectivity index (χ2v) is 4.99.